The van der Waals surface area contributed by atoms with Gasteiger partial charge >= 0.3 is 5.97 Å². The van der Waals surface area contributed by atoms with Crippen LogP contribution in [0.3, 0.4) is 0 Å². The molecule has 0 aliphatic rings. The van der Waals surface area contributed by atoms with Crippen molar-refractivity contribution in [2.75, 3.05) is 5.32 Å². The maximum atomic E-state index is 12.5. The van der Waals surface area contributed by atoms with E-state index in [1.54, 1.807) is 31.3 Å². The number of aryl methyl sites for hydroxylation is 1. The molecule has 0 saturated heterocycles. The predicted octanol–water partition coefficient (Wildman–Crippen LogP) is 3.55. The van der Waals surface area contributed by atoms with Gasteiger partial charge in [0.05, 0.1) is 5.69 Å². The fraction of sp³-hybridized carbons (Fsp3) is 0.235. The molecule has 2 N–H and O–H groups in total. The summed E-state index contributed by atoms with van der Waals surface area (Å²) in [6.07, 6.45) is 2.53. The Labute approximate surface area is 144 Å². The first-order valence-corrected chi connectivity index (χ1v) is 7.72. The highest BCUT2D eigenvalue weighted by Crippen LogP contribution is 2.26. The van der Waals surface area contributed by atoms with Crippen LogP contribution in [0.2, 0.25) is 5.15 Å². The van der Waals surface area contributed by atoms with Gasteiger partial charge in [-0.1, -0.05) is 37.6 Å². The molecule has 6 nitrogen and oxygen atoms in total. The van der Waals surface area contributed by atoms with E-state index in [1.807, 2.05) is 13.8 Å². The molecule has 24 heavy (non-hydrogen) atoms. The average molecular weight is 348 g/mol. The summed E-state index contributed by atoms with van der Waals surface area (Å²) < 4.78 is 1.48. The summed E-state index contributed by atoms with van der Waals surface area (Å²) in [5.74, 6) is -1.28. The molecule has 1 heterocycles. The lowest BCUT2D eigenvalue weighted by Gasteiger charge is -2.08. The highest BCUT2D eigenvalue weighted by Gasteiger charge is 2.23. The third-order valence-electron chi connectivity index (χ3n) is 3.37. The standard InChI is InChI=1S/C17H18ClN3O3/c1-10(2)15-14(16(18)21(3)20-15)17(24)19-12-7-4-11(5-8-12)6-9-13(22)23/h4-10H,1-3H3,(H,19,24)(H,22,23)/b9-6+. The van der Waals surface area contributed by atoms with Crippen molar-refractivity contribution < 1.29 is 14.7 Å². The largest absolute Gasteiger partial charge is 0.478 e. The number of carbonyl (C=O) groups is 2. The Morgan fingerprint density at radius 2 is 1.92 bits per heavy atom. The van der Waals surface area contributed by atoms with Crippen molar-refractivity contribution in [2.45, 2.75) is 19.8 Å². The van der Waals surface area contributed by atoms with E-state index in [9.17, 15) is 9.59 Å². The van der Waals surface area contributed by atoms with Crippen LogP contribution in [0, 0.1) is 0 Å². The third-order valence-corrected chi connectivity index (χ3v) is 3.80. The van der Waals surface area contributed by atoms with Crippen molar-refractivity contribution in [3.05, 3.63) is 52.3 Å². The second-order valence-corrected chi connectivity index (χ2v) is 5.94. The van der Waals surface area contributed by atoms with E-state index >= 15 is 0 Å². The van der Waals surface area contributed by atoms with Gasteiger partial charge in [0, 0.05) is 18.8 Å². The number of aromatic nitrogens is 2. The molecule has 2 rings (SSSR count). The molecule has 0 bridgehead atoms. The van der Waals surface area contributed by atoms with E-state index in [2.05, 4.69) is 10.4 Å². The molecule has 1 aromatic carbocycles. The Balaban J connectivity index is 2.20. The molecule has 1 amide bonds. The monoisotopic (exact) mass is 347 g/mol. The van der Waals surface area contributed by atoms with Gasteiger partial charge in [-0.15, -0.1) is 0 Å². The smallest absolute Gasteiger partial charge is 0.328 e. The molecule has 2 aromatic rings. The van der Waals surface area contributed by atoms with Crippen molar-refractivity contribution in [1.82, 2.24) is 9.78 Å². The van der Waals surface area contributed by atoms with Gasteiger partial charge in [0.2, 0.25) is 0 Å². The van der Waals surface area contributed by atoms with E-state index < -0.39 is 5.97 Å². The van der Waals surface area contributed by atoms with Crippen LogP contribution in [0.15, 0.2) is 30.3 Å². The molecular weight excluding hydrogens is 330 g/mol. The lowest BCUT2D eigenvalue weighted by atomic mass is 10.1. The number of aliphatic carboxylic acids is 1. The summed E-state index contributed by atoms with van der Waals surface area (Å²) in [7, 11) is 1.69. The molecular formula is C17H18ClN3O3. The number of benzene rings is 1. The quantitative estimate of drug-likeness (QED) is 0.810. The molecule has 0 spiro atoms. The van der Waals surface area contributed by atoms with Crippen molar-refractivity contribution >= 4 is 35.2 Å². The highest BCUT2D eigenvalue weighted by atomic mass is 35.5. The predicted molar refractivity (Wildman–Crippen MR) is 93.4 cm³/mol. The fourth-order valence-electron chi connectivity index (χ4n) is 2.18. The lowest BCUT2D eigenvalue weighted by molar-refractivity contribution is -0.131. The molecule has 0 saturated carbocycles. The zero-order chi connectivity index (χ0) is 17.9. The van der Waals surface area contributed by atoms with Crippen LogP contribution < -0.4 is 5.32 Å². The second-order valence-electron chi connectivity index (χ2n) is 5.58. The lowest BCUT2D eigenvalue weighted by Crippen LogP contribution is -2.14. The van der Waals surface area contributed by atoms with Gasteiger partial charge < -0.3 is 10.4 Å². The van der Waals surface area contributed by atoms with Crippen LogP contribution in [-0.2, 0) is 11.8 Å². The maximum absolute atomic E-state index is 12.5. The van der Waals surface area contributed by atoms with Gasteiger partial charge in [-0.2, -0.15) is 5.10 Å². The van der Waals surface area contributed by atoms with Crippen molar-refractivity contribution in [1.29, 1.82) is 0 Å². The summed E-state index contributed by atoms with van der Waals surface area (Å²) in [4.78, 5) is 23.0. The minimum absolute atomic E-state index is 0.0629. The van der Waals surface area contributed by atoms with E-state index in [0.29, 0.717) is 16.9 Å². The van der Waals surface area contributed by atoms with Crippen molar-refractivity contribution in [2.24, 2.45) is 7.05 Å². The summed E-state index contributed by atoms with van der Waals surface area (Å²) in [5.41, 5.74) is 2.31. The number of anilines is 1. The number of hydrogen-bond donors (Lipinski definition) is 2. The SMILES string of the molecule is CC(C)c1nn(C)c(Cl)c1C(=O)Nc1ccc(/C=C/C(=O)O)cc1. The number of rotatable bonds is 5. The molecule has 126 valence electrons. The Morgan fingerprint density at radius 3 is 2.46 bits per heavy atom. The number of carboxylic acid groups (broad SMARTS) is 1. The maximum Gasteiger partial charge on any atom is 0.328 e. The molecule has 7 heteroatoms. The Bertz CT molecular complexity index is 792. The van der Waals surface area contributed by atoms with E-state index in [-0.39, 0.29) is 17.0 Å². The summed E-state index contributed by atoms with van der Waals surface area (Å²) >= 11 is 6.19. The Hall–Kier alpha value is -2.60. The van der Waals surface area contributed by atoms with Crippen molar-refractivity contribution in [3.63, 3.8) is 0 Å². The molecule has 0 fully saturated rings. The zero-order valence-corrected chi connectivity index (χ0v) is 14.3. The molecule has 0 radical (unpaired) electrons. The van der Waals surface area contributed by atoms with Crippen LogP contribution in [0.5, 0.6) is 0 Å². The number of amides is 1. The van der Waals surface area contributed by atoms with Crippen LogP contribution in [0.1, 0.15) is 41.4 Å². The van der Waals surface area contributed by atoms with Crippen molar-refractivity contribution in [3.8, 4) is 0 Å². The first kappa shape index (κ1) is 17.7. The third kappa shape index (κ3) is 4.02. The van der Waals surface area contributed by atoms with Crippen LogP contribution in [0.25, 0.3) is 6.08 Å². The van der Waals surface area contributed by atoms with E-state index in [1.165, 1.54) is 10.8 Å². The first-order valence-electron chi connectivity index (χ1n) is 7.34. The minimum atomic E-state index is -1.01. The van der Waals surface area contributed by atoms with Gasteiger partial charge in [-0.25, -0.2) is 4.79 Å². The zero-order valence-electron chi connectivity index (χ0n) is 13.6. The Morgan fingerprint density at radius 1 is 1.29 bits per heavy atom. The molecule has 1 aromatic heterocycles. The van der Waals surface area contributed by atoms with E-state index in [4.69, 9.17) is 16.7 Å². The number of nitrogens with one attached hydrogen (secondary N) is 1. The van der Waals surface area contributed by atoms with E-state index in [0.717, 1.165) is 11.6 Å². The topological polar surface area (TPSA) is 84.2 Å². The first-order chi connectivity index (χ1) is 11.3. The highest BCUT2D eigenvalue weighted by molar-refractivity contribution is 6.33. The number of hydrogen-bond acceptors (Lipinski definition) is 3. The summed E-state index contributed by atoms with van der Waals surface area (Å²) in [6, 6.07) is 6.81. The number of carboxylic acids is 1. The molecule has 0 unspecified atom stereocenters. The number of nitrogens with zero attached hydrogens (tertiary/aromatic N) is 2. The number of halogens is 1. The van der Waals surface area contributed by atoms with Gasteiger partial charge in [0.1, 0.15) is 10.7 Å². The molecule has 0 atom stereocenters. The minimum Gasteiger partial charge on any atom is -0.478 e. The number of carbonyl (C=O) groups excluding carboxylic acids is 1. The van der Waals surface area contributed by atoms with Gasteiger partial charge in [-0.3, -0.25) is 9.48 Å². The van der Waals surface area contributed by atoms with Crippen LogP contribution >= 0.6 is 11.6 Å². The Kier molecular flexibility index (Phi) is 5.41. The molecule has 0 aliphatic carbocycles. The summed E-state index contributed by atoms with van der Waals surface area (Å²) in [6.45, 7) is 3.89. The second kappa shape index (κ2) is 7.31. The fourth-order valence-corrected chi connectivity index (χ4v) is 2.40. The molecule has 0 aliphatic heterocycles. The van der Waals surface area contributed by atoms with Gasteiger partial charge in [0.25, 0.3) is 5.91 Å². The summed E-state index contributed by atoms with van der Waals surface area (Å²) in [5, 5.41) is 16.0. The average Bonchev–Trinajstić information content (AvgIpc) is 2.82. The van der Waals surface area contributed by atoms with Crippen LogP contribution in [0.4, 0.5) is 5.69 Å². The van der Waals surface area contributed by atoms with Gasteiger partial charge in [0.15, 0.2) is 0 Å². The normalized spacial score (nSPS) is 11.2. The van der Waals surface area contributed by atoms with Crippen LogP contribution in [-0.4, -0.2) is 26.8 Å². The van der Waals surface area contributed by atoms with Gasteiger partial charge in [-0.05, 0) is 29.7 Å².